The second kappa shape index (κ2) is 10.5. The summed E-state index contributed by atoms with van der Waals surface area (Å²) in [4.78, 5) is 13.5. The summed E-state index contributed by atoms with van der Waals surface area (Å²) in [7, 11) is 7.74. The zero-order valence-corrected chi connectivity index (χ0v) is 22.3. The third-order valence-electron chi connectivity index (χ3n) is 6.65. The van der Waals surface area contributed by atoms with Crippen LogP contribution in [0.5, 0.6) is 5.75 Å². The maximum absolute atomic E-state index is 6.67. The molecular formula is C27H32ClN7O2. The van der Waals surface area contributed by atoms with Crippen LogP contribution in [0.3, 0.4) is 0 Å². The Morgan fingerprint density at radius 1 is 1.19 bits per heavy atom. The van der Waals surface area contributed by atoms with Crippen molar-refractivity contribution in [2.24, 2.45) is 0 Å². The van der Waals surface area contributed by atoms with Gasteiger partial charge in [0.05, 0.1) is 60.0 Å². The number of nitrogens with two attached hydrogens (primary N) is 1. The predicted octanol–water partition coefficient (Wildman–Crippen LogP) is 4.61. The van der Waals surface area contributed by atoms with E-state index in [4.69, 9.17) is 31.8 Å². The summed E-state index contributed by atoms with van der Waals surface area (Å²) in [6, 6.07) is 12.1. The molecule has 1 aliphatic heterocycles. The first kappa shape index (κ1) is 25.1. The van der Waals surface area contributed by atoms with Crippen LogP contribution in [0.25, 0.3) is 22.2 Å². The van der Waals surface area contributed by atoms with Crippen molar-refractivity contribution in [1.82, 2.24) is 19.4 Å². The van der Waals surface area contributed by atoms with Crippen LogP contribution >= 0.6 is 11.6 Å². The van der Waals surface area contributed by atoms with Gasteiger partial charge in [-0.15, -0.1) is 0 Å². The highest BCUT2D eigenvalue weighted by atomic mass is 35.5. The van der Waals surface area contributed by atoms with E-state index in [2.05, 4.69) is 36.8 Å². The lowest BCUT2D eigenvalue weighted by atomic mass is 10.1. The molecule has 3 N–H and O–H groups in total. The second-order valence-electron chi connectivity index (χ2n) is 9.39. The topological polar surface area (TPSA) is 93.7 Å². The lowest BCUT2D eigenvalue weighted by molar-refractivity contribution is 0.0869. The number of methoxy groups -OCH3 is 1. The number of ether oxygens (including phenoxy) is 2. The smallest absolute Gasteiger partial charge is 0.227 e. The van der Waals surface area contributed by atoms with Gasteiger partial charge in [0.25, 0.3) is 0 Å². The Balaban J connectivity index is 1.52. The average Bonchev–Trinajstić information content (AvgIpc) is 3.23. The van der Waals surface area contributed by atoms with Gasteiger partial charge in [-0.25, -0.2) is 9.97 Å². The van der Waals surface area contributed by atoms with Gasteiger partial charge >= 0.3 is 0 Å². The minimum absolute atomic E-state index is 0.395. The molecule has 194 valence electrons. The molecule has 0 unspecified atom stereocenters. The third-order valence-corrected chi connectivity index (χ3v) is 6.92. The van der Waals surface area contributed by atoms with Gasteiger partial charge in [-0.1, -0.05) is 29.8 Å². The second-order valence-corrected chi connectivity index (χ2v) is 9.80. The van der Waals surface area contributed by atoms with Gasteiger partial charge in [-0.05, 0) is 26.2 Å². The fourth-order valence-electron chi connectivity index (χ4n) is 4.73. The maximum Gasteiger partial charge on any atom is 0.227 e. The predicted molar refractivity (Wildman–Crippen MR) is 150 cm³/mol. The number of likely N-dealkylation sites (N-methyl/N-ethyl adjacent to an activating group) is 2. The number of rotatable bonds is 8. The van der Waals surface area contributed by atoms with Crippen LogP contribution in [-0.4, -0.2) is 67.4 Å². The van der Waals surface area contributed by atoms with Crippen molar-refractivity contribution in [3.8, 4) is 17.0 Å². The Morgan fingerprint density at radius 3 is 2.78 bits per heavy atom. The number of fused-ring (bicyclic) bond motifs is 3. The quantitative estimate of drug-likeness (QED) is 0.325. The molecule has 0 amide bonds. The summed E-state index contributed by atoms with van der Waals surface area (Å²) < 4.78 is 13.8. The number of anilines is 4. The standard InChI is InChI=1S/C27H32ClN7O2/c1-33(2)9-10-34(3)22-14-24(36-4)20(13-19(22)29)31-27-30-15-18(28)26(32-27)25-17-7-5-6-8-21(17)35-11-12-37-16-23(25)35/h5-8,13-15H,9-12,16,29H2,1-4H3,(H,30,31,32). The SMILES string of the molecule is COc1cc(N(C)CCN(C)C)c(N)cc1Nc1ncc(Cl)c(-c2c3n(c4ccccc24)CCOC3)n1. The highest BCUT2D eigenvalue weighted by molar-refractivity contribution is 6.33. The van der Waals surface area contributed by atoms with E-state index in [0.717, 1.165) is 47.5 Å². The Hall–Kier alpha value is -3.53. The number of para-hydroxylation sites is 1. The van der Waals surface area contributed by atoms with Crippen LogP contribution in [0.4, 0.5) is 23.0 Å². The number of nitrogens with one attached hydrogen (secondary N) is 1. The molecule has 4 aromatic rings. The number of benzene rings is 2. The number of nitrogens with zero attached hydrogens (tertiary/aromatic N) is 5. The zero-order valence-electron chi connectivity index (χ0n) is 21.6. The highest BCUT2D eigenvalue weighted by Gasteiger charge is 2.24. The summed E-state index contributed by atoms with van der Waals surface area (Å²) in [6.45, 7) is 3.70. The van der Waals surface area contributed by atoms with E-state index in [9.17, 15) is 0 Å². The van der Waals surface area contributed by atoms with E-state index in [1.807, 2.05) is 45.4 Å². The summed E-state index contributed by atoms with van der Waals surface area (Å²) in [5.74, 6) is 1.03. The molecule has 3 heterocycles. The molecule has 0 aliphatic carbocycles. The number of nitrogen functional groups attached to an aromatic ring is 1. The Bertz CT molecular complexity index is 1440. The van der Waals surface area contributed by atoms with Crippen molar-refractivity contribution in [3.63, 3.8) is 0 Å². The van der Waals surface area contributed by atoms with Crippen LogP contribution in [0.2, 0.25) is 5.02 Å². The van der Waals surface area contributed by atoms with Crippen LogP contribution in [0.1, 0.15) is 5.69 Å². The first-order valence-electron chi connectivity index (χ1n) is 12.2. The molecule has 0 spiro atoms. The van der Waals surface area contributed by atoms with Crippen molar-refractivity contribution < 1.29 is 9.47 Å². The van der Waals surface area contributed by atoms with E-state index < -0.39 is 0 Å². The van der Waals surface area contributed by atoms with E-state index in [0.29, 0.717) is 47.0 Å². The molecule has 2 aromatic heterocycles. The van der Waals surface area contributed by atoms with Crippen LogP contribution in [-0.2, 0) is 17.9 Å². The largest absolute Gasteiger partial charge is 0.494 e. The lowest BCUT2D eigenvalue weighted by Gasteiger charge is -2.24. The normalized spacial score (nSPS) is 13.1. The maximum atomic E-state index is 6.67. The van der Waals surface area contributed by atoms with Gasteiger partial charge < -0.3 is 34.9 Å². The van der Waals surface area contributed by atoms with Gasteiger partial charge in [-0.3, -0.25) is 0 Å². The number of aromatic nitrogens is 3. The summed E-state index contributed by atoms with van der Waals surface area (Å²) in [5, 5.41) is 4.84. The van der Waals surface area contributed by atoms with Gasteiger partial charge in [0, 0.05) is 49.2 Å². The number of hydrogen-bond donors (Lipinski definition) is 2. The Kier molecular flexibility index (Phi) is 7.10. The van der Waals surface area contributed by atoms with Gasteiger partial charge in [0.1, 0.15) is 5.75 Å². The molecule has 10 heteroatoms. The molecule has 0 fully saturated rings. The Labute approximate surface area is 221 Å². The van der Waals surface area contributed by atoms with E-state index in [1.54, 1.807) is 13.3 Å². The molecule has 0 bridgehead atoms. The molecule has 1 aliphatic rings. The molecule has 0 atom stereocenters. The molecule has 2 aromatic carbocycles. The molecule has 9 nitrogen and oxygen atoms in total. The summed E-state index contributed by atoms with van der Waals surface area (Å²) in [6.07, 6.45) is 1.62. The minimum Gasteiger partial charge on any atom is -0.494 e. The lowest BCUT2D eigenvalue weighted by Crippen LogP contribution is -2.29. The highest BCUT2D eigenvalue weighted by Crippen LogP contribution is 2.40. The molecular weight excluding hydrogens is 490 g/mol. The zero-order chi connectivity index (χ0) is 26.1. The molecule has 0 saturated carbocycles. The van der Waals surface area contributed by atoms with Crippen LogP contribution < -0.4 is 20.7 Å². The summed E-state index contributed by atoms with van der Waals surface area (Å²) >= 11 is 6.67. The fraction of sp³-hybridized carbons (Fsp3) is 0.333. The number of hydrogen-bond acceptors (Lipinski definition) is 8. The van der Waals surface area contributed by atoms with Crippen LogP contribution in [0, 0.1) is 0 Å². The van der Waals surface area contributed by atoms with Crippen molar-refractivity contribution >= 4 is 45.5 Å². The Morgan fingerprint density at radius 2 is 2.00 bits per heavy atom. The van der Waals surface area contributed by atoms with Crippen molar-refractivity contribution in [2.75, 3.05) is 63.9 Å². The first-order chi connectivity index (χ1) is 17.9. The minimum atomic E-state index is 0.395. The monoisotopic (exact) mass is 521 g/mol. The fourth-order valence-corrected chi connectivity index (χ4v) is 4.91. The molecule has 0 saturated heterocycles. The first-order valence-corrected chi connectivity index (χ1v) is 12.6. The average molecular weight is 522 g/mol. The van der Waals surface area contributed by atoms with Crippen LogP contribution in [0.15, 0.2) is 42.6 Å². The van der Waals surface area contributed by atoms with E-state index in [1.165, 1.54) is 0 Å². The van der Waals surface area contributed by atoms with Crippen molar-refractivity contribution in [2.45, 2.75) is 13.2 Å². The van der Waals surface area contributed by atoms with Gasteiger partial charge in [-0.2, -0.15) is 0 Å². The van der Waals surface area contributed by atoms with E-state index >= 15 is 0 Å². The number of halogens is 1. The van der Waals surface area contributed by atoms with Crippen molar-refractivity contribution in [1.29, 1.82) is 0 Å². The van der Waals surface area contributed by atoms with Gasteiger partial charge in [0.15, 0.2) is 0 Å². The van der Waals surface area contributed by atoms with E-state index in [-0.39, 0.29) is 0 Å². The molecule has 0 radical (unpaired) electrons. The molecule has 37 heavy (non-hydrogen) atoms. The molecule has 5 rings (SSSR count). The summed E-state index contributed by atoms with van der Waals surface area (Å²) in [5.41, 5.74) is 12.5. The van der Waals surface area contributed by atoms with Gasteiger partial charge in [0.2, 0.25) is 5.95 Å². The van der Waals surface area contributed by atoms with Crippen molar-refractivity contribution in [3.05, 3.63) is 53.3 Å². The third kappa shape index (κ3) is 4.90.